The van der Waals surface area contributed by atoms with Gasteiger partial charge in [-0.15, -0.1) is 0 Å². The molecule has 5 rings (SSSR count). The van der Waals surface area contributed by atoms with Crippen LogP contribution in [-0.4, -0.2) is 16.6 Å². The highest BCUT2D eigenvalue weighted by Gasteiger charge is 2.15. The predicted molar refractivity (Wildman–Crippen MR) is 149 cm³/mol. The minimum absolute atomic E-state index is 0.674. The van der Waals surface area contributed by atoms with Gasteiger partial charge in [-0.3, -0.25) is 0 Å². The third kappa shape index (κ3) is 5.89. The molecule has 0 saturated heterocycles. The van der Waals surface area contributed by atoms with Crippen molar-refractivity contribution >= 4 is 16.7 Å². The van der Waals surface area contributed by atoms with Crippen molar-refractivity contribution in [2.45, 2.75) is 45.6 Å². The maximum atomic E-state index is 5.93. The van der Waals surface area contributed by atoms with Gasteiger partial charge in [-0.1, -0.05) is 85.3 Å². The third-order valence-corrected chi connectivity index (χ3v) is 6.69. The lowest BCUT2D eigenvalue weighted by Crippen LogP contribution is -2.09. The van der Waals surface area contributed by atoms with Crippen LogP contribution < -0.4 is 5.32 Å². The zero-order chi connectivity index (χ0) is 24.6. The summed E-state index contributed by atoms with van der Waals surface area (Å²) < 4.78 is 5.93. The topological polar surface area (TPSA) is 47.0 Å². The summed E-state index contributed by atoms with van der Waals surface area (Å²) in [5.74, 6) is 1.62. The second kappa shape index (κ2) is 11.8. The smallest absolute Gasteiger partial charge is 0.162 e. The van der Waals surface area contributed by atoms with Gasteiger partial charge in [0.05, 0.1) is 12.1 Å². The zero-order valence-electron chi connectivity index (χ0n) is 20.9. The molecule has 0 aliphatic heterocycles. The molecule has 1 heterocycles. The fourth-order valence-electron chi connectivity index (χ4n) is 4.75. The molecule has 1 aliphatic rings. The monoisotopic (exact) mass is 475 g/mol. The molecule has 3 aromatic carbocycles. The predicted octanol–water partition coefficient (Wildman–Crippen LogP) is 8.09. The Balaban J connectivity index is 1.31. The van der Waals surface area contributed by atoms with E-state index in [2.05, 4.69) is 66.8 Å². The third-order valence-electron chi connectivity index (χ3n) is 6.69. The normalized spacial score (nSPS) is 13.6. The van der Waals surface area contributed by atoms with Gasteiger partial charge in [-0.25, -0.2) is 9.97 Å². The SMILES string of the molecule is CCC1=C(CCCOCc2ccccc2)C=C(Nc2nc(-c3ccccc3)nc3ccccc23)CC1. The van der Waals surface area contributed by atoms with Gasteiger partial charge in [0.2, 0.25) is 0 Å². The summed E-state index contributed by atoms with van der Waals surface area (Å²) >= 11 is 0. The van der Waals surface area contributed by atoms with Crippen LogP contribution in [0.4, 0.5) is 5.82 Å². The first-order valence-electron chi connectivity index (χ1n) is 12.9. The number of nitrogens with one attached hydrogen (secondary N) is 1. The summed E-state index contributed by atoms with van der Waals surface area (Å²) in [6.45, 7) is 3.70. The summed E-state index contributed by atoms with van der Waals surface area (Å²) in [5, 5.41) is 4.72. The Morgan fingerprint density at radius 2 is 1.58 bits per heavy atom. The van der Waals surface area contributed by atoms with E-state index in [4.69, 9.17) is 14.7 Å². The number of rotatable bonds is 10. The molecule has 1 N–H and O–H groups in total. The summed E-state index contributed by atoms with van der Waals surface area (Å²) in [5.41, 5.74) is 7.41. The molecular formula is C32H33N3O. The highest BCUT2D eigenvalue weighted by atomic mass is 16.5. The van der Waals surface area contributed by atoms with E-state index in [0.29, 0.717) is 6.61 Å². The van der Waals surface area contributed by atoms with Crippen LogP contribution in [0.3, 0.4) is 0 Å². The van der Waals surface area contributed by atoms with Gasteiger partial charge in [-0.2, -0.15) is 0 Å². The molecule has 4 heteroatoms. The molecule has 36 heavy (non-hydrogen) atoms. The van der Waals surface area contributed by atoms with Crippen molar-refractivity contribution in [3.05, 3.63) is 113 Å². The summed E-state index contributed by atoms with van der Waals surface area (Å²) in [7, 11) is 0. The molecule has 182 valence electrons. The van der Waals surface area contributed by atoms with Gasteiger partial charge in [0.15, 0.2) is 5.82 Å². The molecule has 0 fully saturated rings. The first kappa shape index (κ1) is 24.0. The molecule has 0 amide bonds. The van der Waals surface area contributed by atoms with Crippen LogP contribution in [0.15, 0.2) is 108 Å². The second-order valence-corrected chi connectivity index (χ2v) is 9.20. The van der Waals surface area contributed by atoms with E-state index in [9.17, 15) is 0 Å². The first-order chi connectivity index (χ1) is 17.8. The number of allylic oxidation sites excluding steroid dienone is 4. The van der Waals surface area contributed by atoms with Gasteiger partial charge < -0.3 is 10.1 Å². The molecule has 1 aromatic heterocycles. The minimum Gasteiger partial charge on any atom is -0.377 e. The number of hydrogen-bond donors (Lipinski definition) is 1. The lowest BCUT2D eigenvalue weighted by atomic mass is 9.91. The van der Waals surface area contributed by atoms with Crippen LogP contribution in [0.2, 0.25) is 0 Å². The molecule has 0 saturated carbocycles. The number of nitrogens with zero attached hydrogens (tertiary/aromatic N) is 2. The number of fused-ring (bicyclic) bond motifs is 1. The van der Waals surface area contributed by atoms with Gasteiger partial charge in [0.1, 0.15) is 5.82 Å². The maximum Gasteiger partial charge on any atom is 0.162 e. The fraction of sp³-hybridized carbons (Fsp3) is 0.250. The highest BCUT2D eigenvalue weighted by Crippen LogP contribution is 2.32. The average molecular weight is 476 g/mol. The summed E-state index contributed by atoms with van der Waals surface area (Å²) in [4.78, 5) is 9.77. The van der Waals surface area contributed by atoms with Crippen LogP contribution in [-0.2, 0) is 11.3 Å². The first-order valence-corrected chi connectivity index (χ1v) is 12.9. The molecule has 0 bridgehead atoms. The van der Waals surface area contributed by atoms with Gasteiger partial charge in [0, 0.05) is 23.3 Å². The largest absolute Gasteiger partial charge is 0.377 e. The van der Waals surface area contributed by atoms with Gasteiger partial charge in [0.25, 0.3) is 0 Å². The van der Waals surface area contributed by atoms with Crippen LogP contribution >= 0.6 is 0 Å². The Labute approximate surface area is 213 Å². The quantitative estimate of drug-likeness (QED) is 0.235. The van der Waals surface area contributed by atoms with Crippen molar-refractivity contribution in [2.24, 2.45) is 0 Å². The zero-order valence-corrected chi connectivity index (χ0v) is 20.9. The van der Waals surface area contributed by atoms with Crippen LogP contribution in [0.25, 0.3) is 22.3 Å². The van der Waals surface area contributed by atoms with Crippen LogP contribution in [0, 0.1) is 0 Å². The lowest BCUT2D eigenvalue weighted by Gasteiger charge is -2.21. The number of hydrogen-bond acceptors (Lipinski definition) is 4. The van der Waals surface area contributed by atoms with E-state index >= 15 is 0 Å². The molecular weight excluding hydrogens is 442 g/mol. The molecule has 4 aromatic rings. The lowest BCUT2D eigenvalue weighted by molar-refractivity contribution is 0.119. The van der Waals surface area contributed by atoms with Crippen molar-refractivity contribution in [2.75, 3.05) is 11.9 Å². The fourth-order valence-corrected chi connectivity index (χ4v) is 4.75. The van der Waals surface area contributed by atoms with Crippen molar-refractivity contribution in [3.63, 3.8) is 0 Å². The number of para-hydroxylation sites is 1. The van der Waals surface area contributed by atoms with Gasteiger partial charge >= 0.3 is 0 Å². The second-order valence-electron chi connectivity index (χ2n) is 9.20. The minimum atomic E-state index is 0.674. The standard InChI is InChI=1S/C32H33N3O/c1-2-25-19-20-28(22-27(25)16-11-21-36-23-24-12-5-3-6-13-24)33-32-29-17-9-10-18-30(29)34-31(35-32)26-14-7-4-8-15-26/h3-10,12-15,17-18,22H,2,11,16,19-21,23H2,1H3,(H,33,34,35). The van der Waals surface area contributed by atoms with E-state index in [1.54, 1.807) is 5.57 Å². The molecule has 4 nitrogen and oxygen atoms in total. The number of anilines is 1. The number of ether oxygens (including phenoxy) is 1. The number of aromatic nitrogens is 2. The molecule has 0 atom stereocenters. The Morgan fingerprint density at radius 3 is 2.39 bits per heavy atom. The van der Waals surface area contributed by atoms with Crippen molar-refractivity contribution in [1.82, 2.24) is 9.97 Å². The summed E-state index contributed by atoms with van der Waals surface area (Å²) in [6, 6.07) is 28.8. The Bertz CT molecular complexity index is 1360. The van der Waals surface area contributed by atoms with Crippen molar-refractivity contribution < 1.29 is 4.74 Å². The average Bonchev–Trinajstić information content (AvgIpc) is 2.94. The van der Waals surface area contributed by atoms with E-state index < -0.39 is 0 Å². The molecule has 0 radical (unpaired) electrons. The Morgan fingerprint density at radius 1 is 0.833 bits per heavy atom. The van der Waals surface area contributed by atoms with Crippen LogP contribution in [0.5, 0.6) is 0 Å². The molecule has 0 spiro atoms. The van der Waals surface area contributed by atoms with E-state index in [1.807, 2.05) is 36.4 Å². The highest BCUT2D eigenvalue weighted by molar-refractivity contribution is 5.91. The van der Waals surface area contributed by atoms with Gasteiger partial charge in [-0.05, 0) is 61.4 Å². The summed E-state index contributed by atoms with van der Waals surface area (Å²) in [6.07, 6.45) is 7.57. The van der Waals surface area contributed by atoms with E-state index in [0.717, 1.165) is 66.8 Å². The Kier molecular flexibility index (Phi) is 7.84. The van der Waals surface area contributed by atoms with Crippen molar-refractivity contribution in [3.8, 4) is 11.4 Å². The Hall–Kier alpha value is -3.76. The van der Waals surface area contributed by atoms with Crippen LogP contribution in [0.1, 0.15) is 44.6 Å². The van der Waals surface area contributed by atoms with Crippen molar-refractivity contribution in [1.29, 1.82) is 0 Å². The molecule has 1 aliphatic carbocycles. The van der Waals surface area contributed by atoms with E-state index in [-0.39, 0.29) is 0 Å². The van der Waals surface area contributed by atoms with E-state index in [1.165, 1.54) is 16.8 Å². The number of benzene rings is 3. The molecule has 0 unspecified atom stereocenters. The maximum absolute atomic E-state index is 5.93.